The van der Waals surface area contributed by atoms with Crippen LogP contribution in [0.2, 0.25) is 0 Å². The molecule has 22 heavy (non-hydrogen) atoms. The van der Waals surface area contributed by atoms with Crippen LogP contribution in [0.3, 0.4) is 0 Å². The summed E-state index contributed by atoms with van der Waals surface area (Å²) in [6.07, 6.45) is 2.26. The van der Waals surface area contributed by atoms with Gasteiger partial charge in [0.15, 0.2) is 0 Å². The molecule has 3 saturated heterocycles. The lowest BCUT2D eigenvalue weighted by molar-refractivity contribution is -0.156. The molecule has 1 N–H and O–H groups in total. The van der Waals surface area contributed by atoms with E-state index in [0.717, 1.165) is 18.4 Å². The molecule has 6 atom stereocenters. The molecule has 0 aromatic heterocycles. The molecule has 4 rings (SSSR count). The van der Waals surface area contributed by atoms with E-state index in [4.69, 9.17) is 9.47 Å². The first kappa shape index (κ1) is 14.2. The Labute approximate surface area is 129 Å². The van der Waals surface area contributed by atoms with Crippen molar-refractivity contribution >= 4 is 5.97 Å². The first-order valence-electron chi connectivity index (χ1n) is 7.92. The van der Waals surface area contributed by atoms with Gasteiger partial charge < -0.3 is 14.6 Å². The maximum Gasteiger partial charge on any atom is 0.316 e. The Morgan fingerprint density at radius 1 is 1.32 bits per heavy atom. The van der Waals surface area contributed by atoms with Crippen molar-refractivity contribution < 1.29 is 19.4 Å². The molecule has 3 heterocycles. The van der Waals surface area contributed by atoms with Crippen LogP contribution in [-0.2, 0) is 14.3 Å². The summed E-state index contributed by atoms with van der Waals surface area (Å²) in [6, 6.07) is 10.1. The van der Waals surface area contributed by atoms with Crippen molar-refractivity contribution in [2.24, 2.45) is 0 Å². The van der Waals surface area contributed by atoms with Gasteiger partial charge in [-0.1, -0.05) is 30.3 Å². The lowest BCUT2D eigenvalue weighted by Gasteiger charge is -2.38. The maximum atomic E-state index is 12.4. The Morgan fingerprint density at radius 2 is 1.95 bits per heavy atom. The Bertz CT molecular complexity index is 545. The number of epoxide rings is 1. The smallest absolute Gasteiger partial charge is 0.316 e. The summed E-state index contributed by atoms with van der Waals surface area (Å²) in [5, 5.41) is 9.56. The average Bonchev–Trinajstić information content (AvgIpc) is 3.27. The van der Waals surface area contributed by atoms with Crippen LogP contribution in [-0.4, -0.2) is 60.0 Å². The molecule has 5 nitrogen and oxygen atoms in total. The lowest BCUT2D eigenvalue weighted by Crippen LogP contribution is -2.48. The van der Waals surface area contributed by atoms with Crippen LogP contribution in [0.25, 0.3) is 0 Å². The van der Waals surface area contributed by atoms with Crippen LogP contribution in [0.15, 0.2) is 30.3 Å². The van der Waals surface area contributed by atoms with Crippen LogP contribution in [0.4, 0.5) is 0 Å². The molecular formula is C17H21NO4. The van der Waals surface area contributed by atoms with E-state index < -0.39 is 5.92 Å². The minimum atomic E-state index is -0.593. The number of aliphatic hydroxyl groups excluding tert-OH is 1. The fourth-order valence-electron chi connectivity index (χ4n) is 4.04. The molecular weight excluding hydrogens is 284 g/mol. The number of ether oxygens (including phenoxy) is 2. The van der Waals surface area contributed by atoms with Crippen molar-refractivity contribution in [3.8, 4) is 0 Å². The summed E-state index contributed by atoms with van der Waals surface area (Å²) in [5.74, 6) is -0.915. The fourth-order valence-corrected chi connectivity index (χ4v) is 4.04. The first-order valence-corrected chi connectivity index (χ1v) is 7.92. The van der Waals surface area contributed by atoms with Crippen LogP contribution in [0.5, 0.6) is 0 Å². The molecule has 118 valence electrons. The van der Waals surface area contributed by atoms with E-state index in [9.17, 15) is 9.90 Å². The lowest BCUT2D eigenvalue weighted by atomic mass is 9.99. The topological polar surface area (TPSA) is 62.3 Å². The summed E-state index contributed by atoms with van der Waals surface area (Å²) in [4.78, 5) is 14.8. The molecule has 2 bridgehead atoms. The van der Waals surface area contributed by atoms with Gasteiger partial charge in [-0.3, -0.25) is 9.69 Å². The number of fused-ring (bicyclic) bond motifs is 5. The average molecular weight is 305 g/mol. The minimum absolute atomic E-state index is 0.0622. The minimum Gasteiger partial charge on any atom is -0.462 e. The highest BCUT2D eigenvalue weighted by atomic mass is 16.6. The number of rotatable bonds is 4. The number of hydrogen-bond donors (Lipinski definition) is 1. The second-order valence-corrected chi connectivity index (χ2v) is 6.54. The SMILES string of the molecule is CN1[C@@H]2CC(O[13C](=O)[13C@@H](CO)c3ccccc3)C[C@H]1[C@@H]1O[C@@H]12. The second kappa shape index (κ2) is 5.33. The third-order valence-electron chi connectivity index (χ3n) is 5.33. The number of likely N-dealkylation sites (N-methyl/N-ethyl adjacent to an activating group) is 1. The number of morpholine rings is 1. The van der Waals surface area contributed by atoms with Crippen LogP contribution in [0.1, 0.15) is 24.3 Å². The standard InChI is InChI=1S/C17H21NO4/c1-18-13-7-11(8-14(18)16-15(13)22-16)21-17(20)12(9-19)10-5-3-2-4-6-10/h2-6,11-16,19H,7-9H2,1H3/t11?,12-,13-,14+,15-,16+/m0/s1/i12+1,17+1. The van der Waals surface area contributed by atoms with Crippen molar-refractivity contribution in [3.63, 3.8) is 0 Å². The molecule has 1 aromatic carbocycles. The van der Waals surface area contributed by atoms with Crippen LogP contribution < -0.4 is 0 Å². The molecule has 1 aromatic rings. The largest absolute Gasteiger partial charge is 0.462 e. The maximum absolute atomic E-state index is 12.4. The highest BCUT2D eigenvalue weighted by Gasteiger charge is 2.62. The predicted octanol–water partition coefficient (Wildman–Crippen LogP) is 0.918. The van der Waals surface area contributed by atoms with Crippen molar-refractivity contribution in [1.29, 1.82) is 0 Å². The Hall–Kier alpha value is -1.43. The molecule has 0 radical (unpaired) electrons. The van der Waals surface area contributed by atoms with E-state index in [1.54, 1.807) is 0 Å². The number of aliphatic hydroxyl groups is 1. The van der Waals surface area contributed by atoms with Gasteiger partial charge in [-0.2, -0.15) is 0 Å². The number of esters is 1. The van der Waals surface area contributed by atoms with Gasteiger partial charge in [-0.05, 0) is 12.6 Å². The zero-order valence-corrected chi connectivity index (χ0v) is 12.6. The number of benzene rings is 1. The monoisotopic (exact) mass is 305 g/mol. The Balaban J connectivity index is 1.42. The van der Waals surface area contributed by atoms with Gasteiger partial charge >= 0.3 is 5.97 Å². The summed E-state index contributed by atoms with van der Waals surface area (Å²) in [6.45, 7) is -0.226. The van der Waals surface area contributed by atoms with Gasteiger partial charge in [0.1, 0.15) is 24.2 Å². The molecule has 3 aliphatic rings. The van der Waals surface area contributed by atoms with E-state index in [1.165, 1.54) is 0 Å². The summed E-state index contributed by atoms with van der Waals surface area (Å²) in [5.41, 5.74) is 0.803. The highest BCUT2D eigenvalue weighted by molar-refractivity contribution is 5.78. The predicted molar refractivity (Wildman–Crippen MR) is 79.4 cm³/mol. The zero-order valence-electron chi connectivity index (χ0n) is 12.6. The molecule has 0 aliphatic carbocycles. The third-order valence-corrected chi connectivity index (χ3v) is 5.33. The van der Waals surface area contributed by atoms with Crippen molar-refractivity contribution in [2.75, 3.05) is 13.7 Å². The summed E-state index contributed by atoms with van der Waals surface area (Å²) >= 11 is 0. The number of carbonyl (C=O) groups excluding carboxylic acids is 1. The molecule has 0 saturated carbocycles. The first-order chi connectivity index (χ1) is 10.7. The fraction of sp³-hybridized carbons (Fsp3) is 0.588. The second-order valence-electron chi connectivity index (χ2n) is 6.54. The molecule has 3 aliphatic heterocycles. The molecule has 0 amide bonds. The van der Waals surface area contributed by atoms with Crippen molar-refractivity contribution in [2.45, 2.75) is 49.2 Å². The quantitative estimate of drug-likeness (QED) is 0.509. The number of nitrogens with zero attached hydrogens (tertiary/aromatic N) is 1. The zero-order chi connectivity index (χ0) is 15.3. The van der Waals surface area contributed by atoms with Crippen molar-refractivity contribution in [1.82, 2.24) is 4.90 Å². The normalized spacial score (nSPS) is 37.5. The van der Waals surface area contributed by atoms with Crippen LogP contribution in [0, 0.1) is 0 Å². The van der Waals surface area contributed by atoms with Gasteiger partial charge in [-0.25, -0.2) is 0 Å². The third kappa shape index (κ3) is 2.24. The van der Waals surface area contributed by atoms with Gasteiger partial charge in [0.25, 0.3) is 0 Å². The molecule has 0 spiro atoms. The molecule has 1 unspecified atom stereocenters. The number of carbonyl (C=O) groups is 1. The summed E-state index contributed by atoms with van der Waals surface area (Å²) < 4.78 is 11.4. The van der Waals surface area contributed by atoms with E-state index in [2.05, 4.69) is 11.9 Å². The van der Waals surface area contributed by atoms with Gasteiger partial charge in [0, 0.05) is 24.9 Å². The number of hydrogen-bond acceptors (Lipinski definition) is 5. The van der Waals surface area contributed by atoms with Crippen molar-refractivity contribution in [3.05, 3.63) is 35.9 Å². The van der Waals surface area contributed by atoms with E-state index in [0.29, 0.717) is 24.3 Å². The van der Waals surface area contributed by atoms with Crippen LogP contribution >= 0.6 is 0 Å². The molecule has 5 heteroatoms. The van der Waals surface area contributed by atoms with Gasteiger partial charge in [-0.15, -0.1) is 0 Å². The molecule has 3 fully saturated rings. The van der Waals surface area contributed by atoms with E-state index in [1.807, 2.05) is 30.3 Å². The number of piperidine rings is 1. The Morgan fingerprint density at radius 3 is 2.55 bits per heavy atom. The highest BCUT2D eigenvalue weighted by Crippen LogP contribution is 2.48. The summed E-state index contributed by atoms with van der Waals surface area (Å²) in [7, 11) is 2.13. The van der Waals surface area contributed by atoms with E-state index in [-0.39, 0.29) is 18.7 Å². The van der Waals surface area contributed by atoms with Gasteiger partial charge in [0.05, 0.1) is 6.61 Å². The van der Waals surface area contributed by atoms with Gasteiger partial charge in [0.2, 0.25) is 0 Å². The van der Waals surface area contributed by atoms with E-state index >= 15 is 0 Å². The Kier molecular flexibility index (Phi) is 3.44.